The van der Waals surface area contributed by atoms with E-state index in [9.17, 15) is 4.79 Å². The third-order valence-electron chi connectivity index (χ3n) is 1.88. The van der Waals surface area contributed by atoms with Gasteiger partial charge >= 0.3 is 5.97 Å². The van der Waals surface area contributed by atoms with E-state index in [0.717, 1.165) is 17.7 Å². The number of nitrogens with zero attached hydrogens (tertiary/aromatic N) is 1. The highest BCUT2D eigenvalue weighted by Crippen LogP contribution is 2.03. The van der Waals surface area contributed by atoms with E-state index in [1.54, 1.807) is 6.20 Å². The summed E-state index contributed by atoms with van der Waals surface area (Å²) >= 11 is 0. The van der Waals surface area contributed by atoms with Crippen LogP contribution in [0.2, 0.25) is 0 Å². The molecular weight excluding hydrogens is 166 g/mol. The molecule has 0 saturated heterocycles. The van der Waals surface area contributed by atoms with Gasteiger partial charge in [0, 0.05) is 18.3 Å². The summed E-state index contributed by atoms with van der Waals surface area (Å²) < 4.78 is 0. The van der Waals surface area contributed by atoms with Crippen molar-refractivity contribution in [3.05, 3.63) is 29.6 Å². The molecule has 0 radical (unpaired) electrons. The second kappa shape index (κ2) is 4.60. The second-order valence-corrected chi connectivity index (χ2v) is 2.91. The van der Waals surface area contributed by atoms with Crippen molar-refractivity contribution < 1.29 is 9.90 Å². The van der Waals surface area contributed by atoms with Crippen molar-refractivity contribution in [2.75, 3.05) is 0 Å². The molecule has 0 unspecified atom stereocenters. The van der Waals surface area contributed by atoms with Gasteiger partial charge in [0.2, 0.25) is 0 Å². The first-order valence-electron chi connectivity index (χ1n) is 4.38. The Labute approximate surface area is 77.4 Å². The van der Waals surface area contributed by atoms with Crippen molar-refractivity contribution in [1.82, 2.24) is 4.98 Å². The molecule has 1 aromatic heterocycles. The van der Waals surface area contributed by atoms with Gasteiger partial charge in [-0.3, -0.25) is 9.78 Å². The van der Waals surface area contributed by atoms with E-state index < -0.39 is 5.97 Å². The Morgan fingerprint density at radius 3 is 2.77 bits per heavy atom. The van der Waals surface area contributed by atoms with Crippen LogP contribution in [0.5, 0.6) is 0 Å². The maximum absolute atomic E-state index is 10.3. The van der Waals surface area contributed by atoms with E-state index in [1.807, 2.05) is 19.1 Å². The molecule has 1 rings (SSSR count). The van der Waals surface area contributed by atoms with Crippen molar-refractivity contribution in [3.8, 4) is 0 Å². The highest BCUT2D eigenvalue weighted by molar-refractivity contribution is 5.67. The van der Waals surface area contributed by atoms with Gasteiger partial charge in [0.05, 0.1) is 0 Å². The van der Waals surface area contributed by atoms with Crippen molar-refractivity contribution in [3.63, 3.8) is 0 Å². The van der Waals surface area contributed by atoms with E-state index >= 15 is 0 Å². The van der Waals surface area contributed by atoms with Crippen molar-refractivity contribution >= 4 is 5.97 Å². The second-order valence-electron chi connectivity index (χ2n) is 2.91. The van der Waals surface area contributed by atoms with Gasteiger partial charge in [-0.1, -0.05) is 13.0 Å². The van der Waals surface area contributed by atoms with Crippen LogP contribution in [0, 0.1) is 0 Å². The predicted octanol–water partition coefficient (Wildman–Crippen LogP) is 1.66. The smallest absolute Gasteiger partial charge is 0.303 e. The van der Waals surface area contributed by atoms with Gasteiger partial charge < -0.3 is 5.11 Å². The van der Waals surface area contributed by atoms with Crippen LogP contribution in [0.1, 0.15) is 24.6 Å². The normalized spacial score (nSPS) is 9.92. The fraction of sp³-hybridized carbons (Fsp3) is 0.400. The molecule has 3 heteroatoms. The van der Waals surface area contributed by atoms with Crippen LogP contribution in [0.4, 0.5) is 0 Å². The minimum atomic E-state index is -0.764. The zero-order valence-corrected chi connectivity index (χ0v) is 7.66. The third kappa shape index (κ3) is 3.23. The number of aliphatic carboxylic acids is 1. The lowest BCUT2D eigenvalue weighted by atomic mass is 10.1. The van der Waals surface area contributed by atoms with Gasteiger partial charge in [-0.2, -0.15) is 0 Å². The lowest BCUT2D eigenvalue weighted by Gasteiger charge is -1.99. The van der Waals surface area contributed by atoms with Crippen LogP contribution in [0.3, 0.4) is 0 Å². The van der Waals surface area contributed by atoms with E-state index in [-0.39, 0.29) is 6.42 Å². The topological polar surface area (TPSA) is 50.2 Å². The summed E-state index contributed by atoms with van der Waals surface area (Å²) in [7, 11) is 0. The van der Waals surface area contributed by atoms with Gasteiger partial charge in [0.15, 0.2) is 0 Å². The molecule has 1 aromatic rings. The minimum Gasteiger partial charge on any atom is -0.481 e. The SMILES string of the molecule is CCc1ccc(CCC(=O)O)cn1. The highest BCUT2D eigenvalue weighted by Gasteiger charge is 1.99. The van der Waals surface area contributed by atoms with Crippen molar-refractivity contribution in [2.24, 2.45) is 0 Å². The molecule has 0 bridgehead atoms. The maximum Gasteiger partial charge on any atom is 0.303 e. The molecule has 0 spiro atoms. The van der Waals surface area contributed by atoms with E-state index in [4.69, 9.17) is 5.11 Å². The maximum atomic E-state index is 10.3. The molecule has 1 N–H and O–H groups in total. The first-order valence-corrected chi connectivity index (χ1v) is 4.38. The van der Waals surface area contributed by atoms with Crippen LogP contribution in [-0.4, -0.2) is 16.1 Å². The minimum absolute atomic E-state index is 0.174. The first kappa shape index (κ1) is 9.71. The number of aromatic nitrogens is 1. The Bertz CT molecular complexity index is 279. The average Bonchev–Trinajstić information content (AvgIpc) is 2.15. The van der Waals surface area contributed by atoms with Gasteiger partial charge in [-0.25, -0.2) is 0 Å². The Balaban J connectivity index is 2.54. The molecule has 0 aliphatic carbocycles. The molecule has 0 aliphatic heterocycles. The lowest BCUT2D eigenvalue weighted by Crippen LogP contribution is -1.98. The van der Waals surface area contributed by atoms with Crippen LogP contribution in [-0.2, 0) is 17.6 Å². The first-order chi connectivity index (χ1) is 6.22. The summed E-state index contributed by atoms with van der Waals surface area (Å²) in [6.45, 7) is 2.04. The molecule has 0 fully saturated rings. The summed E-state index contributed by atoms with van der Waals surface area (Å²) in [4.78, 5) is 14.5. The van der Waals surface area contributed by atoms with Crippen LogP contribution < -0.4 is 0 Å². The Kier molecular flexibility index (Phi) is 3.43. The monoisotopic (exact) mass is 179 g/mol. The standard InChI is InChI=1S/C10H13NO2/c1-2-9-5-3-8(7-11-9)4-6-10(12)13/h3,5,7H,2,4,6H2,1H3,(H,12,13). The largest absolute Gasteiger partial charge is 0.481 e. The van der Waals surface area contributed by atoms with Gasteiger partial charge in [-0.05, 0) is 24.5 Å². The molecule has 0 aliphatic rings. The molecule has 0 amide bonds. The number of rotatable bonds is 4. The summed E-state index contributed by atoms with van der Waals surface area (Å²) in [6.07, 6.45) is 3.40. The van der Waals surface area contributed by atoms with Gasteiger partial charge in [0.25, 0.3) is 0 Å². The number of pyridine rings is 1. The van der Waals surface area contributed by atoms with E-state index in [2.05, 4.69) is 4.98 Å². The lowest BCUT2D eigenvalue weighted by molar-refractivity contribution is -0.136. The third-order valence-corrected chi connectivity index (χ3v) is 1.88. The Morgan fingerprint density at radius 1 is 1.54 bits per heavy atom. The van der Waals surface area contributed by atoms with Gasteiger partial charge in [0.1, 0.15) is 0 Å². The molecule has 1 heterocycles. The summed E-state index contributed by atoms with van der Waals surface area (Å²) in [5.41, 5.74) is 2.03. The van der Waals surface area contributed by atoms with E-state index in [1.165, 1.54) is 0 Å². The Hall–Kier alpha value is -1.38. The van der Waals surface area contributed by atoms with Crippen molar-refractivity contribution in [1.29, 1.82) is 0 Å². The highest BCUT2D eigenvalue weighted by atomic mass is 16.4. The summed E-state index contributed by atoms with van der Waals surface area (Å²) in [5.74, 6) is -0.764. The zero-order chi connectivity index (χ0) is 9.68. The number of hydrogen-bond acceptors (Lipinski definition) is 2. The van der Waals surface area contributed by atoms with Crippen LogP contribution in [0.15, 0.2) is 18.3 Å². The molecule has 70 valence electrons. The number of carboxylic acid groups (broad SMARTS) is 1. The number of carbonyl (C=O) groups is 1. The number of aryl methyl sites for hydroxylation is 2. The average molecular weight is 179 g/mol. The summed E-state index contributed by atoms with van der Waals surface area (Å²) in [6, 6.07) is 3.88. The molecule has 0 atom stereocenters. The Morgan fingerprint density at radius 2 is 2.31 bits per heavy atom. The summed E-state index contributed by atoms with van der Waals surface area (Å²) in [5, 5.41) is 8.46. The van der Waals surface area contributed by atoms with Crippen LogP contribution in [0.25, 0.3) is 0 Å². The van der Waals surface area contributed by atoms with E-state index in [0.29, 0.717) is 6.42 Å². The van der Waals surface area contributed by atoms with Crippen molar-refractivity contribution in [2.45, 2.75) is 26.2 Å². The fourth-order valence-electron chi connectivity index (χ4n) is 1.06. The molecule has 13 heavy (non-hydrogen) atoms. The quantitative estimate of drug-likeness (QED) is 0.764. The zero-order valence-electron chi connectivity index (χ0n) is 7.66. The molecular formula is C10H13NO2. The molecule has 3 nitrogen and oxygen atoms in total. The van der Waals surface area contributed by atoms with Crippen LogP contribution >= 0.6 is 0 Å². The number of carboxylic acids is 1. The molecule has 0 aromatic carbocycles. The number of hydrogen-bond donors (Lipinski definition) is 1. The van der Waals surface area contributed by atoms with Gasteiger partial charge in [-0.15, -0.1) is 0 Å². The fourth-order valence-corrected chi connectivity index (χ4v) is 1.06. The predicted molar refractivity (Wildman–Crippen MR) is 49.6 cm³/mol. The molecule has 0 saturated carbocycles.